The van der Waals surface area contributed by atoms with E-state index < -0.39 is 29.5 Å². The van der Waals surface area contributed by atoms with E-state index in [1.165, 1.54) is 17.0 Å². The van der Waals surface area contributed by atoms with Gasteiger partial charge in [-0.1, -0.05) is 23.7 Å². The topological polar surface area (TPSA) is 49.4 Å². The van der Waals surface area contributed by atoms with Gasteiger partial charge in [0.1, 0.15) is 5.92 Å². The molecule has 2 aromatic carbocycles. The zero-order valence-corrected chi connectivity index (χ0v) is 15.1. The molecule has 1 aliphatic heterocycles. The minimum Gasteiger partial charge on any atom is -0.325 e. The first-order chi connectivity index (χ1) is 12.7. The Morgan fingerprint density at radius 3 is 2.67 bits per heavy atom. The number of carbonyl (C=O) groups is 2. The van der Waals surface area contributed by atoms with Crippen molar-refractivity contribution in [1.29, 1.82) is 0 Å². The lowest BCUT2D eigenvalue weighted by Gasteiger charge is -2.19. The first kappa shape index (κ1) is 19.2. The molecule has 27 heavy (non-hydrogen) atoms. The first-order valence-electron chi connectivity index (χ1n) is 8.22. The maximum absolute atomic E-state index is 12.8. The van der Waals surface area contributed by atoms with Gasteiger partial charge >= 0.3 is 6.18 Å². The van der Waals surface area contributed by atoms with Crippen molar-refractivity contribution in [2.24, 2.45) is 5.92 Å². The predicted molar refractivity (Wildman–Crippen MR) is 96.7 cm³/mol. The molecule has 1 aliphatic rings. The molecular formula is C19H16ClF3N2O2. The molecule has 8 heteroatoms. The summed E-state index contributed by atoms with van der Waals surface area (Å²) < 4.78 is 38.4. The van der Waals surface area contributed by atoms with Crippen LogP contribution < -0.4 is 10.2 Å². The number of halogens is 4. The van der Waals surface area contributed by atoms with Crippen LogP contribution in [0.1, 0.15) is 17.5 Å². The van der Waals surface area contributed by atoms with Gasteiger partial charge < -0.3 is 10.2 Å². The second-order valence-corrected chi connectivity index (χ2v) is 6.77. The molecule has 2 amide bonds. The average Bonchev–Trinajstić information content (AvgIpc) is 2.98. The molecule has 2 aromatic rings. The highest BCUT2D eigenvalue weighted by atomic mass is 35.5. The molecule has 1 saturated heterocycles. The van der Waals surface area contributed by atoms with Gasteiger partial charge in [0.15, 0.2) is 0 Å². The average molecular weight is 397 g/mol. The van der Waals surface area contributed by atoms with Crippen LogP contribution in [0.2, 0.25) is 5.02 Å². The van der Waals surface area contributed by atoms with Crippen molar-refractivity contribution in [3.63, 3.8) is 0 Å². The second kappa shape index (κ2) is 7.23. The number of aryl methyl sites for hydroxylation is 1. The lowest BCUT2D eigenvalue weighted by molar-refractivity contribution is -0.137. The van der Waals surface area contributed by atoms with Crippen molar-refractivity contribution in [2.75, 3.05) is 16.8 Å². The Morgan fingerprint density at radius 1 is 1.22 bits per heavy atom. The summed E-state index contributed by atoms with van der Waals surface area (Å²) in [6.45, 7) is 2.16. The minimum absolute atomic E-state index is 0.0000103. The lowest BCUT2D eigenvalue weighted by atomic mass is 10.1. The summed E-state index contributed by atoms with van der Waals surface area (Å²) in [6, 6.07) is 9.46. The van der Waals surface area contributed by atoms with Crippen LogP contribution in [0.3, 0.4) is 0 Å². The molecule has 1 fully saturated rings. The third-order valence-corrected chi connectivity index (χ3v) is 4.68. The molecule has 0 aromatic heterocycles. The van der Waals surface area contributed by atoms with E-state index in [2.05, 4.69) is 5.32 Å². The van der Waals surface area contributed by atoms with E-state index in [-0.39, 0.29) is 12.1 Å². The number of amides is 2. The van der Waals surface area contributed by atoms with Gasteiger partial charge in [-0.3, -0.25) is 9.59 Å². The Labute approximate surface area is 158 Å². The summed E-state index contributed by atoms with van der Waals surface area (Å²) in [5.41, 5.74) is 0.600. The number of nitrogens with zero attached hydrogens (tertiary/aromatic N) is 1. The van der Waals surface area contributed by atoms with E-state index in [1.807, 2.05) is 6.92 Å². The van der Waals surface area contributed by atoms with Gasteiger partial charge in [-0.05, 0) is 49.2 Å². The highest BCUT2D eigenvalue weighted by Crippen LogP contribution is 2.32. The minimum atomic E-state index is -4.51. The van der Waals surface area contributed by atoms with Crippen molar-refractivity contribution in [3.05, 3.63) is 58.6 Å². The molecule has 0 radical (unpaired) electrons. The number of carbonyl (C=O) groups excluding carboxylic acids is 2. The number of hydrogen-bond donors (Lipinski definition) is 1. The van der Waals surface area contributed by atoms with Crippen molar-refractivity contribution >= 4 is 34.8 Å². The quantitative estimate of drug-likeness (QED) is 0.767. The Kier molecular flexibility index (Phi) is 5.15. The number of hydrogen-bond acceptors (Lipinski definition) is 2. The fourth-order valence-electron chi connectivity index (χ4n) is 3.04. The Hall–Kier alpha value is -2.54. The number of rotatable bonds is 3. The third kappa shape index (κ3) is 4.08. The molecule has 0 spiro atoms. The van der Waals surface area contributed by atoms with E-state index in [9.17, 15) is 22.8 Å². The van der Waals surface area contributed by atoms with E-state index in [4.69, 9.17) is 11.6 Å². The third-order valence-electron chi connectivity index (χ3n) is 4.44. The van der Waals surface area contributed by atoms with E-state index in [1.54, 1.807) is 18.2 Å². The number of anilines is 2. The molecule has 1 N–H and O–H groups in total. The highest BCUT2D eigenvalue weighted by molar-refractivity contribution is 6.31. The highest BCUT2D eigenvalue weighted by Gasteiger charge is 2.38. The summed E-state index contributed by atoms with van der Waals surface area (Å²) in [5.74, 6) is -1.98. The molecule has 0 aliphatic carbocycles. The Bertz CT molecular complexity index is 899. The second-order valence-electron chi connectivity index (χ2n) is 6.33. The fraction of sp³-hybridized carbons (Fsp3) is 0.263. The van der Waals surface area contributed by atoms with Crippen LogP contribution in [0.4, 0.5) is 24.5 Å². The molecule has 3 rings (SSSR count). The lowest BCUT2D eigenvalue weighted by Crippen LogP contribution is -2.33. The Balaban J connectivity index is 1.75. The van der Waals surface area contributed by atoms with Crippen molar-refractivity contribution in [3.8, 4) is 0 Å². The van der Waals surface area contributed by atoms with Gasteiger partial charge in [0.25, 0.3) is 0 Å². The van der Waals surface area contributed by atoms with E-state index in [0.29, 0.717) is 17.3 Å². The maximum atomic E-state index is 12.8. The smallest absolute Gasteiger partial charge is 0.325 e. The number of benzene rings is 2. The van der Waals surface area contributed by atoms with Crippen LogP contribution >= 0.6 is 11.6 Å². The molecule has 1 heterocycles. The van der Waals surface area contributed by atoms with Crippen molar-refractivity contribution in [2.45, 2.75) is 19.5 Å². The van der Waals surface area contributed by atoms with E-state index in [0.717, 1.165) is 17.7 Å². The molecule has 142 valence electrons. The summed E-state index contributed by atoms with van der Waals surface area (Å²) in [6.07, 6.45) is -4.24. The molecule has 0 bridgehead atoms. The normalized spacial score (nSPS) is 17.3. The number of nitrogens with one attached hydrogen (secondary N) is 1. The van der Waals surface area contributed by atoms with Crippen LogP contribution in [0.5, 0.6) is 0 Å². The molecule has 1 atom stereocenters. The van der Waals surface area contributed by atoms with Crippen LogP contribution in [-0.2, 0) is 15.8 Å². The zero-order valence-electron chi connectivity index (χ0n) is 14.3. The summed E-state index contributed by atoms with van der Waals surface area (Å²) in [5, 5.41) is 2.88. The van der Waals surface area contributed by atoms with Crippen molar-refractivity contribution < 1.29 is 22.8 Å². The Morgan fingerprint density at radius 2 is 1.96 bits per heavy atom. The largest absolute Gasteiger partial charge is 0.416 e. The van der Waals surface area contributed by atoms with Gasteiger partial charge in [-0.25, -0.2) is 0 Å². The zero-order chi connectivity index (χ0) is 19.8. The molecule has 0 unspecified atom stereocenters. The molecule has 4 nitrogen and oxygen atoms in total. The van der Waals surface area contributed by atoms with Gasteiger partial charge in [-0.2, -0.15) is 13.2 Å². The summed E-state index contributed by atoms with van der Waals surface area (Å²) >= 11 is 5.99. The van der Waals surface area contributed by atoms with Crippen LogP contribution in [0.25, 0.3) is 0 Å². The predicted octanol–water partition coefficient (Wildman–Crippen LogP) is 4.66. The van der Waals surface area contributed by atoms with Crippen LogP contribution in [0.15, 0.2) is 42.5 Å². The molecular weight excluding hydrogens is 381 g/mol. The van der Waals surface area contributed by atoms with E-state index >= 15 is 0 Å². The number of alkyl halides is 3. The van der Waals surface area contributed by atoms with Gasteiger partial charge in [0.2, 0.25) is 11.8 Å². The summed E-state index contributed by atoms with van der Waals surface area (Å²) in [7, 11) is 0. The first-order valence-corrected chi connectivity index (χ1v) is 8.60. The van der Waals surface area contributed by atoms with Gasteiger partial charge in [0, 0.05) is 22.9 Å². The SMILES string of the molecule is Cc1ccc(Cl)cc1N1CC[C@H](C(=O)Nc2cccc(C(F)(F)F)c2)C1=O. The van der Waals surface area contributed by atoms with Gasteiger partial charge in [0.05, 0.1) is 5.56 Å². The monoisotopic (exact) mass is 396 g/mol. The summed E-state index contributed by atoms with van der Waals surface area (Å²) in [4.78, 5) is 26.6. The van der Waals surface area contributed by atoms with Crippen LogP contribution in [0, 0.1) is 12.8 Å². The van der Waals surface area contributed by atoms with Crippen molar-refractivity contribution in [1.82, 2.24) is 0 Å². The standard InChI is InChI=1S/C19H16ClF3N2O2/c1-11-5-6-13(20)10-16(11)25-8-7-15(18(25)27)17(26)24-14-4-2-3-12(9-14)19(21,22)23/h2-6,9-10,15H,7-8H2,1H3,(H,24,26)/t15-/m1/s1. The molecule has 0 saturated carbocycles. The fourth-order valence-corrected chi connectivity index (χ4v) is 3.20. The maximum Gasteiger partial charge on any atom is 0.416 e. The van der Waals surface area contributed by atoms with Gasteiger partial charge in [-0.15, -0.1) is 0 Å². The van der Waals surface area contributed by atoms with Crippen LogP contribution in [-0.4, -0.2) is 18.4 Å².